The molecule has 7 atom stereocenters. The number of rotatable bonds is 6. The number of aromatic hydroxyl groups is 1. The number of piperazine rings is 1. The lowest BCUT2D eigenvalue weighted by Crippen LogP contribution is -2.52. The molecular weight excluding hydrogens is 588 g/mol. The lowest BCUT2D eigenvalue weighted by molar-refractivity contribution is 0.107. The van der Waals surface area contributed by atoms with Gasteiger partial charge in [0.15, 0.2) is 5.83 Å². The Morgan fingerprint density at radius 2 is 1.98 bits per heavy atom. The van der Waals surface area contributed by atoms with Crippen LogP contribution >= 0.6 is 0 Å². The third-order valence-electron chi connectivity index (χ3n) is 12.4. The van der Waals surface area contributed by atoms with Crippen molar-refractivity contribution in [3.05, 3.63) is 40.1 Å². The van der Waals surface area contributed by atoms with Crippen molar-refractivity contribution < 1.29 is 18.6 Å². The molecular formula is C35H41F2N7O2. The van der Waals surface area contributed by atoms with Crippen molar-refractivity contribution >= 4 is 23.2 Å². The van der Waals surface area contributed by atoms with Crippen molar-refractivity contribution in [1.82, 2.24) is 25.1 Å². The van der Waals surface area contributed by atoms with Crippen LogP contribution in [0.3, 0.4) is 0 Å². The van der Waals surface area contributed by atoms with Gasteiger partial charge in [0.2, 0.25) is 0 Å². The number of nitrogens with zero attached hydrogens (tertiary/aromatic N) is 6. The molecule has 8 aliphatic rings. The highest BCUT2D eigenvalue weighted by atomic mass is 19.1. The predicted molar refractivity (Wildman–Crippen MR) is 171 cm³/mol. The Labute approximate surface area is 267 Å². The zero-order valence-corrected chi connectivity index (χ0v) is 26.3. The molecule has 0 amide bonds. The van der Waals surface area contributed by atoms with Crippen molar-refractivity contribution in [1.29, 1.82) is 0 Å². The van der Waals surface area contributed by atoms with E-state index in [1.807, 2.05) is 11.0 Å². The molecule has 46 heavy (non-hydrogen) atoms. The SMILES string of the molecule is CCC1c2c(C3=C(F)c4nc(OC[C@@]56CCCN5C[C@H](F)C6)nc(N5C[C@H]6CC[C@@H](C5)N6)c4C4=NCCN43)cc(O)cc2C2CC21. The molecule has 7 heterocycles. The fraction of sp³-hybridized carbons (Fsp3) is 0.629. The second kappa shape index (κ2) is 9.86. The second-order valence-electron chi connectivity index (χ2n) is 15.0. The molecule has 11 heteroatoms. The molecule has 242 valence electrons. The average molecular weight is 630 g/mol. The molecule has 2 aromatic rings. The number of phenols is 1. The first-order valence-electron chi connectivity index (χ1n) is 17.5. The van der Waals surface area contributed by atoms with Crippen molar-refractivity contribution in [3.8, 4) is 11.8 Å². The van der Waals surface area contributed by atoms with E-state index in [-0.39, 0.29) is 29.6 Å². The highest BCUT2D eigenvalue weighted by Crippen LogP contribution is 2.65. The van der Waals surface area contributed by atoms with Gasteiger partial charge >= 0.3 is 6.01 Å². The van der Waals surface area contributed by atoms with Gasteiger partial charge in [-0.25, -0.2) is 8.78 Å². The molecule has 1 aromatic carbocycles. The van der Waals surface area contributed by atoms with Crippen molar-refractivity contribution in [3.63, 3.8) is 0 Å². The van der Waals surface area contributed by atoms with Crippen LogP contribution in [0.15, 0.2) is 17.1 Å². The van der Waals surface area contributed by atoms with Crippen LogP contribution in [0.1, 0.15) is 91.7 Å². The molecule has 0 radical (unpaired) electrons. The monoisotopic (exact) mass is 629 g/mol. The molecule has 10 rings (SSSR count). The summed E-state index contributed by atoms with van der Waals surface area (Å²) in [5, 5.41) is 14.6. The molecule has 2 aliphatic carbocycles. The number of fused-ring (bicyclic) bond motifs is 9. The van der Waals surface area contributed by atoms with E-state index < -0.39 is 12.0 Å². The van der Waals surface area contributed by atoms with E-state index in [2.05, 4.69) is 22.0 Å². The third-order valence-corrected chi connectivity index (χ3v) is 12.4. The summed E-state index contributed by atoms with van der Waals surface area (Å²) in [4.78, 5) is 21.3. The summed E-state index contributed by atoms with van der Waals surface area (Å²) < 4.78 is 38.5. The van der Waals surface area contributed by atoms with Gasteiger partial charge in [-0.2, -0.15) is 9.97 Å². The number of anilines is 1. The molecule has 1 saturated carbocycles. The number of hydrogen-bond donors (Lipinski definition) is 2. The maximum atomic E-state index is 17.5. The van der Waals surface area contributed by atoms with Crippen LogP contribution in [0.4, 0.5) is 14.6 Å². The van der Waals surface area contributed by atoms with Gasteiger partial charge in [0.05, 0.1) is 23.3 Å². The Hall–Kier alpha value is -3.31. The lowest BCUT2D eigenvalue weighted by Gasteiger charge is -2.38. The van der Waals surface area contributed by atoms with E-state index in [0.29, 0.717) is 78.8 Å². The van der Waals surface area contributed by atoms with Crippen LogP contribution in [0.5, 0.6) is 11.8 Å². The Balaban J connectivity index is 1.13. The van der Waals surface area contributed by atoms with E-state index in [0.717, 1.165) is 63.7 Å². The van der Waals surface area contributed by atoms with Crippen LogP contribution in [-0.4, -0.2) is 100 Å². The summed E-state index contributed by atoms with van der Waals surface area (Å²) >= 11 is 0. The summed E-state index contributed by atoms with van der Waals surface area (Å²) in [6.45, 7) is 6.44. The van der Waals surface area contributed by atoms with E-state index >= 15 is 4.39 Å². The minimum absolute atomic E-state index is 0.138. The summed E-state index contributed by atoms with van der Waals surface area (Å²) in [6, 6.07) is 4.49. The number of alkyl halides is 1. The second-order valence-corrected chi connectivity index (χ2v) is 15.0. The molecule has 5 fully saturated rings. The van der Waals surface area contributed by atoms with Gasteiger partial charge in [-0.1, -0.05) is 6.92 Å². The van der Waals surface area contributed by atoms with E-state index in [1.54, 1.807) is 6.07 Å². The van der Waals surface area contributed by atoms with Crippen LogP contribution in [0.25, 0.3) is 11.5 Å². The molecule has 2 bridgehead atoms. The van der Waals surface area contributed by atoms with E-state index in [9.17, 15) is 9.50 Å². The highest BCUT2D eigenvalue weighted by molar-refractivity contribution is 6.16. The van der Waals surface area contributed by atoms with Crippen LogP contribution in [0, 0.1) is 5.92 Å². The third kappa shape index (κ3) is 3.93. The number of amidine groups is 1. The molecule has 0 spiro atoms. The number of aromatic nitrogens is 2. The first-order chi connectivity index (χ1) is 22.4. The Morgan fingerprint density at radius 3 is 2.80 bits per heavy atom. The smallest absolute Gasteiger partial charge is 0.319 e. The summed E-state index contributed by atoms with van der Waals surface area (Å²) in [5.74, 6) is 2.48. The van der Waals surface area contributed by atoms with Gasteiger partial charge in [-0.05, 0) is 86.1 Å². The number of benzene rings is 1. The number of hydrogen-bond acceptors (Lipinski definition) is 9. The fourth-order valence-electron chi connectivity index (χ4n) is 10.4. The zero-order valence-electron chi connectivity index (χ0n) is 26.3. The number of halogens is 2. The topological polar surface area (TPSA) is 89.3 Å². The fourth-order valence-corrected chi connectivity index (χ4v) is 10.4. The van der Waals surface area contributed by atoms with Gasteiger partial charge in [-0.15, -0.1) is 0 Å². The number of ether oxygens (including phenoxy) is 1. The Bertz CT molecular complexity index is 1700. The normalized spacial score (nSPS) is 35.2. The summed E-state index contributed by atoms with van der Waals surface area (Å²) in [7, 11) is 0. The molecule has 9 nitrogen and oxygen atoms in total. The van der Waals surface area contributed by atoms with Crippen molar-refractivity contribution in [2.45, 2.75) is 87.5 Å². The summed E-state index contributed by atoms with van der Waals surface area (Å²) in [5.41, 5.74) is 4.02. The Morgan fingerprint density at radius 1 is 1.13 bits per heavy atom. The molecule has 6 aliphatic heterocycles. The first kappa shape index (κ1) is 27.8. The Kier molecular flexibility index (Phi) is 5.95. The maximum Gasteiger partial charge on any atom is 0.319 e. The van der Waals surface area contributed by atoms with Crippen LogP contribution in [-0.2, 0) is 0 Å². The lowest BCUT2D eigenvalue weighted by atomic mass is 9.86. The first-order valence-corrected chi connectivity index (χ1v) is 17.5. The van der Waals surface area contributed by atoms with Gasteiger partial charge in [0.1, 0.15) is 35.9 Å². The van der Waals surface area contributed by atoms with Crippen molar-refractivity contribution in [2.24, 2.45) is 10.9 Å². The number of aliphatic imine (C=N–C) groups is 1. The quantitative estimate of drug-likeness (QED) is 0.481. The van der Waals surface area contributed by atoms with Crippen LogP contribution in [0.2, 0.25) is 0 Å². The van der Waals surface area contributed by atoms with E-state index in [4.69, 9.17) is 19.7 Å². The minimum atomic E-state index is -0.864. The van der Waals surface area contributed by atoms with Crippen molar-refractivity contribution in [2.75, 3.05) is 50.8 Å². The van der Waals surface area contributed by atoms with E-state index in [1.165, 1.54) is 11.1 Å². The molecule has 4 saturated heterocycles. The van der Waals surface area contributed by atoms with Crippen LogP contribution < -0.4 is 15.0 Å². The summed E-state index contributed by atoms with van der Waals surface area (Å²) in [6.07, 6.45) is 5.80. The largest absolute Gasteiger partial charge is 0.508 e. The standard InChI is InChI=1S/C35H41F2N7O2/c1-2-22-23-12-24(23)25-10-21(45)11-26(27(22)25)31-29(37)30-28(32-38-7-9-44(31)32)33(42-15-19-4-5-20(16-42)39-19)41-34(40-30)46-17-35-6-3-8-43(35)14-18(36)13-35/h10-11,18-20,22-24,39,45H,2-9,12-17H2,1H3/t18-,19-,20+,22?,23?,24?,35+/m1/s1. The minimum Gasteiger partial charge on any atom is -0.508 e. The highest BCUT2D eigenvalue weighted by Gasteiger charge is 2.53. The molecule has 2 N–H and O–H groups in total. The molecule has 3 unspecified atom stereocenters. The number of nitrogens with one attached hydrogen (secondary N) is 1. The predicted octanol–water partition coefficient (Wildman–Crippen LogP) is 4.56. The van der Waals surface area contributed by atoms with Gasteiger partial charge < -0.3 is 25.0 Å². The van der Waals surface area contributed by atoms with Gasteiger partial charge in [0, 0.05) is 50.2 Å². The maximum absolute atomic E-state index is 17.5. The van der Waals surface area contributed by atoms with Gasteiger partial charge in [-0.3, -0.25) is 9.89 Å². The molecule has 1 aromatic heterocycles. The zero-order chi connectivity index (χ0) is 30.9. The average Bonchev–Trinajstić information content (AvgIpc) is 3.41. The number of phenolic OH excluding ortho intramolecular Hbond substituents is 1. The van der Waals surface area contributed by atoms with Gasteiger partial charge in [0.25, 0.3) is 0 Å².